The van der Waals surface area contributed by atoms with Crippen molar-refractivity contribution in [1.29, 1.82) is 0 Å². The molecule has 3 heteroatoms. The Labute approximate surface area is 118 Å². The Morgan fingerprint density at radius 1 is 1.11 bits per heavy atom. The molecule has 0 amide bonds. The van der Waals surface area contributed by atoms with Crippen LogP contribution in [-0.4, -0.2) is 37.5 Å². The van der Waals surface area contributed by atoms with Crippen LogP contribution in [0.15, 0.2) is 0 Å². The van der Waals surface area contributed by atoms with E-state index in [0.29, 0.717) is 12.1 Å². The molecule has 0 aliphatic carbocycles. The van der Waals surface area contributed by atoms with Gasteiger partial charge in [-0.05, 0) is 51.4 Å². The Morgan fingerprint density at radius 2 is 1.84 bits per heavy atom. The Bertz CT molecular complexity index is 256. The van der Waals surface area contributed by atoms with Crippen LogP contribution in [0.1, 0.15) is 59.3 Å². The number of nitrogens with one attached hydrogen (secondary N) is 1. The predicted octanol–water partition coefficient (Wildman–Crippen LogP) is 3.13. The molecule has 0 aromatic carbocycles. The molecule has 0 bridgehead atoms. The minimum absolute atomic E-state index is 0.117. The third-order valence-corrected chi connectivity index (χ3v) is 4.59. The molecule has 19 heavy (non-hydrogen) atoms. The van der Waals surface area contributed by atoms with Crippen LogP contribution < -0.4 is 5.32 Å². The van der Waals surface area contributed by atoms with Crippen LogP contribution in [0.5, 0.6) is 0 Å². The van der Waals surface area contributed by atoms with Crippen LogP contribution in [0.25, 0.3) is 0 Å². The van der Waals surface area contributed by atoms with Gasteiger partial charge in [-0.2, -0.15) is 0 Å². The average molecular weight is 269 g/mol. The van der Waals surface area contributed by atoms with Crippen LogP contribution in [0.4, 0.5) is 0 Å². The van der Waals surface area contributed by atoms with E-state index in [0.717, 1.165) is 45.0 Å². The Balaban J connectivity index is 1.77. The minimum Gasteiger partial charge on any atom is -0.381 e. The van der Waals surface area contributed by atoms with Crippen LogP contribution in [0.3, 0.4) is 0 Å². The molecule has 3 nitrogen and oxygen atoms in total. The first-order chi connectivity index (χ1) is 9.10. The summed E-state index contributed by atoms with van der Waals surface area (Å²) in [5.74, 6) is 0.806. The molecule has 0 saturated carbocycles. The van der Waals surface area contributed by atoms with Gasteiger partial charge in [0.1, 0.15) is 0 Å². The van der Waals surface area contributed by atoms with Gasteiger partial charge in [0, 0.05) is 31.9 Å². The van der Waals surface area contributed by atoms with Crippen molar-refractivity contribution < 1.29 is 9.47 Å². The zero-order valence-corrected chi connectivity index (χ0v) is 12.9. The Kier molecular flexibility index (Phi) is 5.67. The number of ether oxygens (including phenoxy) is 2. The molecular weight excluding hydrogens is 238 g/mol. The van der Waals surface area contributed by atoms with E-state index in [4.69, 9.17) is 9.47 Å². The molecule has 0 radical (unpaired) electrons. The lowest BCUT2D eigenvalue weighted by atomic mass is 9.84. The van der Waals surface area contributed by atoms with Crippen molar-refractivity contribution >= 4 is 0 Å². The van der Waals surface area contributed by atoms with Gasteiger partial charge in [0.2, 0.25) is 0 Å². The molecule has 0 aromatic heterocycles. The molecule has 2 saturated heterocycles. The number of hydrogen-bond donors (Lipinski definition) is 1. The summed E-state index contributed by atoms with van der Waals surface area (Å²) in [5.41, 5.74) is 0.117. The van der Waals surface area contributed by atoms with Crippen molar-refractivity contribution in [3.8, 4) is 0 Å². The zero-order chi connectivity index (χ0) is 13.7. The summed E-state index contributed by atoms with van der Waals surface area (Å²) >= 11 is 0. The maximum atomic E-state index is 6.10. The first-order valence-electron chi connectivity index (χ1n) is 8.07. The second-order valence-electron chi connectivity index (χ2n) is 6.87. The SMILES string of the molecule is CC(C)CCC(C)NC1CCOC2(CCOCC2)C1. The van der Waals surface area contributed by atoms with Gasteiger partial charge in [0.25, 0.3) is 0 Å². The summed E-state index contributed by atoms with van der Waals surface area (Å²) in [4.78, 5) is 0. The molecule has 2 aliphatic rings. The van der Waals surface area contributed by atoms with Crippen molar-refractivity contribution in [1.82, 2.24) is 5.32 Å². The second-order valence-corrected chi connectivity index (χ2v) is 6.87. The monoisotopic (exact) mass is 269 g/mol. The molecule has 112 valence electrons. The molecule has 2 heterocycles. The topological polar surface area (TPSA) is 30.5 Å². The van der Waals surface area contributed by atoms with E-state index < -0.39 is 0 Å². The van der Waals surface area contributed by atoms with Crippen LogP contribution in [0.2, 0.25) is 0 Å². The maximum absolute atomic E-state index is 6.10. The summed E-state index contributed by atoms with van der Waals surface area (Å²) in [5, 5.41) is 3.82. The van der Waals surface area contributed by atoms with E-state index in [2.05, 4.69) is 26.1 Å². The minimum atomic E-state index is 0.117. The quantitative estimate of drug-likeness (QED) is 0.832. The lowest BCUT2D eigenvalue weighted by Gasteiger charge is -2.44. The number of rotatable bonds is 5. The maximum Gasteiger partial charge on any atom is 0.0741 e. The lowest BCUT2D eigenvalue weighted by molar-refractivity contribution is -0.140. The lowest BCUT2D eigenvalue weighted by Crippen LogP contribution is -2.51. The highest BCUT2D eigenvalue weighted by Crippen LogP contribution is 2.34. The first kappa shape index (κ1) is 15.3. The van der Waals surface area contributed by atoms with Gasteiger partial charge in [-0.15, -0.1) is 0 Å². The van der Waals surface area contributed by atoms with Crippen molar-refractivity contribution in [3.63, 3.8) is 0 Å². The van der Waals surface area contributed by atoms with Gasteiger partial charge in [-0.3, -0.25) is 0 Å². The summed E-state index contributed by atoms with van der Waals surface area (Å²) in [6.45, 7) is 9.59. The molecule has 1 spiro atoms. The van der Waals surface area contributed by atoms with Crippen LogP contribution in [-0.2, 0) is 9.47 Å². The molecule has 2 atom stereocenters. The fourth-order valence-electron chi connectivity index (χ4n) is 3.33. The zero-order valence-electron chi connectivity index (χ0n) is 12.9. The van der Waals surface area contributed by atoms with Gasteiger partial charge < -0.3 is 14.8 Å². The molecule has 1 N–H and O–H groups in total. The smallest absolute Gasteiger partial charge is 0.0741 e. The summed E-state index contributed by atoms with van der Waals surface area (Å²) in [7, 11) is 0. The van der Waals surface area contributed by atoms with Crippen molar-refractivity contribution in [2.24, 2.45) is 5.92 Å². The Morgan fingerprint density at radius 3 is 2.53 bits per heavy atom. The van der Waals surface area contributed by atoms with E-state index in [9.17, 15) is 0 Å². The Hall–Kier alpha value is -0.120. The third kappa shape index (κ3) is 4.73. The summed E-state index contributed by atoms with van der Waals surface area (Å²) < 4.78 is 11.6. The second kappa shape index (κ2) is 7.05. The highest BCUT2D eigenvalue weighted by atomic mass is 16.5. The van der Waals surface area contributed by atoms with E-state index in [1.54, 1.807) is 0 Å². The highest BCUT2D eigenvalue weighted by Gasteiger charge is 2.39. The summed E-state index contributed by atoms with van der Waals surface area (Å²) in [6.07, 6.45) is 7.08. The molecule has 2 aliphatic heterocycles. The third-order valence-electron chi connectivity index (χ3n) is 4.59. The first-order valence-corrected chi connectivity index (χ1v) is 8.07. The van der Waals surface area contributed by atoms with Crippen LogP contribution in [0, 0.1) is 5.92 Å². The largest absolute Gasteiger partial charge is 0.381 e. The highest BCUT2D eigenvalue weighted by molar-refractivity contribution is 4.92. The fraction of sp³-hybridized carbons (Fsp3) is 1.00. The van der Waals surface area contributed by atoms with Gasteiger partial charge in [-0.25, -0.2) is 0 Å². The van der Waals surface area contributed by atoms with E-state index in [1.165, 1.54) is 19.3 Å². The molecule has 0 aromatic rings. The average Bonchev–Trinajstić information content (AvgIpc) is 2.37. The van der Waals surface area contributed by atoms with Crippen molar-refractivity contribution in [2.75, 3.05) is 19.8 Å². The predicted molar refractivity (Wildman–Crippen MR) is 78.4 cm³/mol. The van der Waals surface area contributed by atoms with Crippen LogP contribution >= 0.6 is 0 Å². The standard InChI is InChI=1S/C16H31NO2/c1-13(2)4-5-14(3)17-15-6-9-19-16(12-15)7-10-18-11-8-16/h13-15,17H,4-12H2,1-3H3. The molecule has 2 rings (SSSR count). The van der Waals surface area contributed by atoms with Crippen molar-refractivity contribution in [2.45, 2.75) is 77.0 Å². The van der Waals surface area contributed by atoms with Gasteiger partial charge in [0.15, 0.2) is 0 Å². The normalized spacial score (nSPS) is 28.7. The molecule has 2 unspecified atom stereocenters. The van der Waals surface area contributed by atoms with Gasteiger partial charge in [0.05, 0.1) is 5.60 Å². The summed E-state index contributed by atoms with van der Waals surface area (Å²) in [6, 6.07) is 1.26. The molecule has 2 fully saturated rings. The van der Waals surface area contributed by atoms with E-state index in [-0.39, 0.29) is 5.60 Å². The van der Waals surface area contributed by atoms with Crippen molar-refractivity contribution in [3.05, 3.63) is 0 Å². The fourth-order valence-corrected chi connectivity index (χ4v) is 3.33. The number of hydrogen-bond acceptors (Lipinski definition) is 3. The van der Waals surface area contributed by atoms with E-state index in [1.807, 2.05) is 0 Å². The molecular formula is C16H31NO2. The van der Waals surface area contributed by atoms with Gasteiger partial charge in [-0.1, -0.05) is 13.8 Å². The van der Waals surface area contributed by atoms with Gasteiger partial charge >= 0.3 is 0 Å². The van der Waals surface area contributed by atoms with E-state index >= 15 is 0 Å².